The number of amides is 2. The van der Waals surface area contributed by atoms with Gasteiger partial charge in [-0.25, -0.2) is 0 Å². The molecule has 1 heterocycles. The van der Waals surface area contributed by atoms with E-state index in [1.54, 1.807) is 0 Å². The minimum Gasteiger partial charge on any atom is -0.494 e. The third-order valence-electron chi connectivity index (χ3n) is 4.42. The third-order valence-corrected chi connectivity index (χ3v) is 5.51. The monoisotopic (exact) mass is 411 g/mol. The third kappa shape index (κ3) is 5.08. The molecule has 0 aromatic heterocycles. The Morgan fingerprint density at radius 1 is 0.897 bits per heavy atom. The predicted molar refractivity (Wildman–Crippen MR) is 115 cm³/mol. The normalized spacial score (nSPS) is 14.1. The molecule has 0 bridgehead atoms. The number of nitrogens with zero attached hydrogens (tertiary/aromatic N) is 1. The number of hydrogen-bond donors (Lipinski definition) is 0. The van der Waals surface area contributed by atoms with E-state index in [-0.39, 0.29) is 11.8 Å². The second kappa shape index (κ2) is 10.3. The number of thioether (sulfide) groups is 1. The molecule has 3 rings (SSSR count). The fourth-order valence-corrected chi connectivity index (χ4v) is 4.10. The van der Waals surface area contributed by atoms with Crippen molar-refractivity contribution in [2.45, 2.75) is 25.2 Å². The predicted octanol–water partition coefficient (Wildman–Crippen LogP) is 4.38. The highest BCUT2D eigenvalue weighted by molar-refractivity contribution is 8.04. The van der Waals surface area contributed by atoms with Gasteiger partial charge in [-0.15, -0.1) is 0 Å². The number of carbonyl (C=O) groups excluding carboxylic acids is 2. The molecule has 29 heavy (non-hydrogen) atoms. The van der Waals surface area contributed by atoms with Gasteiger partial charge in [0, 0.05) is 24.7 Å². The van der Waals surface area contributed by atoms with E-state index in [2.05, 4.69) is 0 Å². The fraction of sp³-hybridized carbons (Fsp3) is 0.304. The van der Waals surface area contributed by atoms with Crippen LogP contribution in [0.4, 0.5) is 0 Å². The lowest BCUT2D eigenvalue weighted by Gasteiger charge is -2.15. The first-order chi connectivity index (χ1) is 14.2. The Morgan fingerprint density at radius 3 is 2.28 bits per heavy atom. The van der Waals surface area contributed by atoms with Gasteiger partial charge < -0.3 is 9.47 Å². The first-order valence-corrected chi connectivity index (χ1v) is 10.6. The summed E-state index contributed by atoms with van der Waals surface area (Å²) < 4.78 is 10.8. The molecule has 0 fully saturated rings. The van der Waals surface area contributed by atoms with Crippen LogP contribution in [0.5, 0.6) is 5.75 Å². The molecule has 0 unspecified atom stereocenters. The van der Waals surface area contributed by atoms with Crippen molar-refractivity contribution in [3.8, 4) is 5.75 Å². The average molecular weight is 412 g/mol. The van der Waals surface area contributed by atoms with Gasteiger partial charge in [-0.2, -0.15) is 0 Å². The van der Waals surface area contributed by atoms with Crippen molar-refractivity contribution in [1.29, 1.82) is 0 Å². The smallest absolute Gasteiger partial charge is 0.268 e. The number of benzene rings is 2. The second-order valence-corrected chi connectivity index (χ2v) is 7.47. The minimum atomic E-state index is -0.255. The van der Waals surface area contributed by atoms with Crippen LogP contribution in [0, 0.1) is 0 Å². The fourth-order valence-electron chi connectivity index (χ4n) is 3.07. The van der Waals surface area contributed by atoms with E-state index in [4.69, 9.17) is 9.47 Å². The molecule has 0 radical (unpaired) electrons. The maximum absolute atomic E-state index is 13.2. The summed E-state index contributed by atoms with van der Waals surface area (Å²) in [6.45, 7) is 5.90. The molecule has 2 aromatic carbocycles. The van der Waals surface area contributed by atoms with Crippen LogP contribution in [0.1, 0.15) is 25.8 Å². The van der Waals surface area contributed by atoms with Crippen molar-refractivity contribution in [2.75, 3.05) is 26.4 Å². The van der Waals surface area contributed by atoms with Crippen molar-refractivity contribution in [1.82, 2.24) is 4.90 Å². The summed E-state index contributed by atoms with van der Waals surface area (Å²) >= 11 is 1.33. The zero-order valence-electron chi connectivity index (χ0n) is 16.7. The molecule has 152 valence electrons. The number of rotatable bonds is 10. The lowest BCUT2D eigenvalue weighted by Crippen LogP contribution is -2.33. The van der Waals surface area contributed by atoms with Gasteiger partial charge in [0.15, 0.2) is 0 Å². The van der Waals surface area contributed by atoms with E-state index in [9.17, 15) is 9.59 Å². The second-order valence-electron chi connectivity index (χ2n) is 6.39. The Hall–Kier alpha value is -2.57. The first kappa shape index (κ1) is 21.1. The number of imide groups is 1. The van der Waals surface area contributed by atoms with E-state index >= 15 is 0 Å². The van der Waals surface area contributed by atoms with E-state index in [0.717, 1.165) is 16.2 Å². The van der Waals surface area contributed by atoms with Crippen molar-refractivity contribution in [2.24, 2.45) is 0 Å². The summed E-state index contributed by atoms with van der Waals surface area (Å²) in [7, 11) is 0. The van der Waals surface area contributed by atoms with E-state index in [1.165, 1.54) is 16.7 Å². The number of ether oxygens (including phenoxy) is 2. The van der Waals surface area contributed by atoms with Gasteiger partial charge in [0.2, 0.25) is 0 Å². The van der Waals surface area contributed by atoms with Crippen molar-refractivity contribution in [3.63, 3.8) is 0 Å². The highest BCUT2D eigenvalue weighted by Crippen LogP contribution is 2.39. The molecule has 0 atom stereocenters. The molecule has 0 spiro atoms. The molecule has 2 amide bonds. The largest absolute Gasteiger partial charge is 0.494 e. The molecule has 0 N–H and O–H groups in total. The van der Waals surface area contributed by atoms with Crippen LogP contribution in [0.15, 0.2) is 64.4 Å². The minimum absolute atomic E-state index is 0.246. The lowest BCUT2D eigenvalue weighted by atomic mass is 10.1. The van der Waals surface area contributed by atoms with Crippen LogP contribution in [-0.2, 0) is 14.3 Å². The number of carbonyl (C=O) groups is 2. The molecule has 6 heteroatoms. The summed E-state index contributed by atoms with van der Waals surface area (Å²) in [6.07, 6.45) is 0.616. The highest BCUT2D eigenvalue weighted by atomic mass is 32.2. The van der Waals surface area contributed by atoms with Gasteiger partial charge in [0.1, 0.15) is 5.75 Å². The van der Waals surface area contributed by atoms with Crippen LogP contribution >= 0.6 is 11.8 Å². The molecule has 5 nitrogen and oxygen atoms in total. The molecule has 0 saturated carbocycles. The topological polar surface area (TPSA) is 55.8 Å². The Balaban J connectivity index is 1.90. The van der Waals surface area contributed by atoms with Crippen LogP contribution in [-0.4, -0.2) is 43.1 Å². The highest BCUT2D eigenvalue weighted by Gasteiger charge is 2.39. The zero-order chi connectivity index (χ0) is 20.6. The molecular weight excluding hydrogens is 386 g/mol. The summed E-state index contributed by atoms with van der Waals surface area (Å²) in [4.78, 5) is 29.0. The van der Waals surface area contributed by atoms with Gasteiger partial charge >= 0.3 is 0 Å². The Labute approximate surface area is 175 Å². The van der Waals surface area contributed by atoms with E-state index in [0.29, 0.717) is 43.3 Å². The van der Waals surface area contributed by atoms with Crippen LogP contribution in [0.3, 0.4) is 0 Å². The SMILES string of the molecule is CCOCCCN1C(=O)C(Sc2ccccc2)=C(c2ccc(OCC)cc2)C1=O. The summed E-state index contributed by atoms with van der Waals surface area (Å²) in [5.41, 5.74) is 1.17. The lowest BCUT2D eigenvalue weighted by molar-refractivity contribution is -0.136. The van der Waals surface area contributed by atoms with Crippen molar-refractivity contribution < 1.29 is 19.1 Å². The van der Waals surface area contributed by atoms with Gasteiger partial charge in [-0.1, -0.05) is 42.1 Å². The molecular formula is C23H25NO4S. The maximum atomic E-state index is 13.2. The number of hydrogen-bond acceptors (Lipinski definition) is 5. The zero-order valence-corrected chi connectivity index (χ0v) is 17.5. The average Bonchev–Trinajstić information content (AvgIpc) is 2.97. The van der Waals surface area contributed by atoms with Gasteiger partial charge in [0.25, 0.3) is 11.8 Å². The van der Waals surface area contributed by atoms with E-state index < -0.39 is 0 Å². The molecule has 0 aliphatic carbocycles. The quantitative estimate of drug-likeness (QED) is 0.429. The maximum Gasteiger partial charge on any atom is 0.268 e. The molecule has 1 aliphatic rings. The Morgan fingerprint density at radius 2 is 1.62 bits per heavy atom. The van der Waals surface area contributed by atoms with Crippen LogP contribution in [0.2, 0.25) is 0 Å². The van der Waals surface area contributed by atoms with Gasteiger partial charge in [0.05, 0.1) is 17.1 Å². The summed E-state index contributed by atoms with van der Waals surface area (Å²) in [6, 6.07) is 16.9. The Kier molecular flexibility index (Phi) is 7.49. The molecule has 2 aromatic rings. The molecule has 1 aliphatic heterocycles. The Bertz CT molecular complexity index is 878. The first-order valence-electron chi connectivity index (χ1n) is 9.80. The standard InChI is InChI=1S/C23H25NO4S/c1-3-27-16-8-15-24-22(25)20(17-11-13-18(14-12-17)28-4-2)21(23(24)26)29-19-9-6-5-7-10-19/h5-7,9-14H,3-4,8,15-16H2,1-2H3. The van der Waals surface area contributed by atoms with Crippen molar-refractivity contribution in [3.05, 3.63) is 65.1 Å². The van der Waals surface area contributed by atoms with Crippen LogP contribution < -0.4 is 4.74 Å². The summed E-state index contributed by atoms with van der Waals surface area (Å²) in [5.74, 6) is 0.234. The molecule has 0 saturated heterocycles. The van der Waals surface area contributed by atoms with E-state index in [1.807, 2.05) is 68.4 Å². The summed E-state index contributed by atoms with van der Waals surface area (Å²) in [5, 5.41) is 0. The van der Waals surface area contributed by atoms with Gasteiger partial charge in [-0.05, 0) is 50.1 Å². The van der Waals surface area contributed by atoms with Crippen LogP contribution in [0.25, 0.3) is 5.57 Å². The van der Waals surface area contributed by atoms with Crippen molar-refractivity contribution >= 4 is 29.1 Å². The van der Waals surface area contributed by atoms with Gasteiger partial charge in [-0.3, -0.25) is 14.5 Å².